The molecular weight excluding hydrogens is 180 g/mol. The van der Waals surface area contributed by atoms with Gasteiger partial charge in [0.1, 0.15) is 5.54 Å². The van der Waals surface area contributed by atoms with E-state index in [1.54, 1.807) is 0 Å². The fraction of sp³-hybridized carbons (Fsp3) is 0.900. The van der Waals surface area contributed by atoms with Crippen LogP contribution in [0.3, 0.4) is 0 Å². The SMILES string of the molecule is CC(C#N)(NCCCO)C1CCOC1. The molecule has 14 heavy (non-hydrogen) atoms. The van der Waals surface area contributed by atoms with E-state index in [2.05, 4.69) is 11.4 Å². The lowest BCUT2D eigenvalue weighted by Crippen LogP contribution is -2.48. The third kappa shape index (κ3) is 2.68. The molecule has 1 heterocycles. The Labute approximate surface area is 84.9 Å². The number of aliphatic hydroxyl groups is 1. The summed E-state index contributed by atoms with van der Waals surface area (Å²) in [6.45, 7) is 4.16. The van der Waals surface area contributed by atoms with Gasteiger partial charge in [0.05, 0.1) is 12.7 Å². The predicted molar refractivity (Wildman–Crippen MR) is 52.6 cm³/mol. The first-order valence-electron chi connectivity index (χ1n) is 5.08. The minimum atomic E-state index is -0.508. The van der Waals surface area contributed by atoms with Crippen molar-refractivity contribution in [3.8, 4) is 6.07 Å². The Balaban J connectivity index is 2.43. The Hall–Kier alpha value is -0.630. The molecule has 0 aromatic carbocycles. The highest BCUT2D eigenvalue weighted by atomic mass is 16.5. The molecule has 4 heteroatoms. The molecule has 2 N–H and O–H groups in total. The van der Waals surface area contributed by atoms with Gasteiger partial charge in [-0.3, -0.25) is 5.32 Å². The zero-order valence-electron chi connectivity index (χ0n) is 8.62. The van der Waals surface area contributed by atoms with E-state index >= 15 is 0 Å². The zero-order valence-corrected chi connectivity index (χ0v) is 8.62. The fourth-order valence-electron chi connectivity index (χ4n) is 1.69. The summed E-state index contributed by atoms with van der Waals surface area (Å²) in [7, 11) is 0. The van der Waals surface area contributed by atoms with Gasteiger partial charge in [-0.1, -0.05) is 0 Å². The second kappa shape index (κ2) is 5.30. The van der Waals surface area contributed by atoms with Gasteiger partial charge in [-0.15, -0.1) is 0 Å². The summed E-state index contributed by atoms with van der Waals surface area (Å²) < 4.78 is 5.27. The molecule has 1 fully saturated rings. The van der Waals surface area contributed by atoms with Crippen LogP contribution in [0.2, 0.25) is 0 Å². The summed E-state index contributed by atoms with van der Waals surface area (Å²) in [6.07, 6.45) is 1.63. The number of rotatable bonds is 5. The number of hydrogen-bond acceptors (Lipinski definition) is 4. The molecule has 2 atom stereocenters. The Morgan fingerprint density at radius 2 is 2.50 bits per heavy atom. The molecule has 0 radical (unpaired) electrons. The van der Waals surface area contributed by atoms with Crippen LogP contribution in [0.15, 0.2) is 0 Å². The van der Waals surface area contributed by atoms with Crippen LogP contribution < -0.4 is 5.32 Å². The van der Waals surface area contributed by atoms with Gasteiger partial charge in [0.25, 0.3) is 0 Å². The number of nitrogens with one attached hydrogen (secondary N) is 1. The van der Waals surface area contributed by atoms with Crippen molar-refractivity contribution in [2.45, 2.75) is 25.3 Å². The maximum Gasteiger partial charge on any atom is 0.109 e. The van der Waals surface area contributed by atoms with Crippen LogP contribution in [0.4, 0.5) is 0 Å². The van der Waals surface area contributed by atoms with Crippen molar-refractivity contribution >= 4 is 0 Å². The molecule has 0 spiro atoms. The van der Waals surface area contributed by atoms with Gasteiger partial charge >= 0.3 is 0 Å². The van der Waals surface area contributed by atoms with E-state index in [0.29, 0.717) is 19.6 Å². The van der Waals surface area contributed by atoms with Crippen molar-refractivity contribution < 1.29 is 9.84 Å². The van der Waals surface area contributed by atoms with Crippen molar-refractivity contribution in [3.63, 3.8) is 0 Å². The molecule has 4 nitrogen and oxygen atoms in total. The Morgan fingerprint density at radius 3 is 3.00 bits per heavy atom. The van der Waals surface area contributed by atoms with Crippen LogP contribution in [0, 0.1) is 17.2 Å². The minimum absolute atomic E-state index is 0.162. The van der Waals surface area contributed by atoms with Crippen LogP contribution in [0.1, 0.15) is 19.8 Å². The fourth-order valence-corrected chi connectivity index (χ4v) is 1.69. The van der Waals surface area contributed by atoms with Crippen molar-refractivity contribution in [3.05, 3.63) is 0 Å². The molecule has 0 bridgehead atoms. The van der Waals surface area contributed by atoms with Gasteiger partial charge in [-0.25, -0.2) is 0 Å². The Morgan fingerprint density at radius 1 is 1.71 bits per heavy atom. The summed E-state index contributed by atoms with van der Waals surface area (Å²) in [5.74, 6) is 0.270. The Bertz CT molecular complexity index is 209. The minimum Gasteiger partial charge on any atom is -0.396 e. The molecule has 1 saturated heterocycles. The van der Waals surface area contributed by atoms with E-state index < -0.39 is 5.54 Å². The molecule has 0 aromatic heterocycles. The van der Waals surface area contributed by atoms with Gasteiger partial charge in [-0.05, 0) is 26.3 Å². The van der Waals surface area contributed by atoms with Gasteiger partial charge in [-0.2, -0.15) is 5.26 Å². The van der Waals surface area contributed by atoms with Gasteiger partial charge < -0.3 is 9.84 Å². The monoisotopic (exact) mass is 198 g/mol. The van der Waals surface area contributed by atoms with E-state index in [0.717, 1.165) is 13.0 Å². The van der Waals surface area contributed by atoms with Crippen LogP contribution in [-0.2, 0) is 4.74 Å². The second-order valence-corrected chi connectivity index (χ2v) is 3.88. The summed E-state index contributed by atoms with van der Waals surface area (Å²) in [6, 6.07) is 2.31. The zero-order chi connectivity index (χ0) is 10.4. The highest BCUT2D eigenvalue weighted by Crippen LogP contribution is 2.25. The lowest BCUT2D eigenvalue weighted by atomic mass is 9.86. The first-order valence-corrected chi connectivity index (χ1v) is 5.08. The molecule has 0 aliphatic carbocycles. The summed E-state index contributed by atoms with van der Waals surface area (Å²) in [4.78, 5) is 0. The molecule has 80 valence electrons. The Kier molecular flexibility index (Phi) is 4.33. The van der Waals surface area contributed by atoms with E-state index in [1.807, 2.05) is 6.92 Å². The quantitative estimate of drug-likeness (QED) is 0.623. The van der Waals surface area contributed by atoms with Gasteiger partial charge in [0.15, 0.2) is 0 Å². The molecule has 1 aliphatic rings. The second-order valence-electron chi connectivity index (χ2n) is 3.88. The summed E-state index contributed by atoms with van der Waals surface area (Å²) in [5, 5.41) is 21.0. The van der Waals surface area contributed by atoms with Crippen molar-refractivity contribution in [1.82, 2.24) is 5.32 Å². The van der Waals surface area contributed by atoms with E-state index in [-0.39, 0.29) is 12.5 Å². The topological polar surface area (TPSA) is 65.3 Å². The molecule has 1 rings (SSSR count). The third-order valence-electron chi connectivity index (χ3n) is 2.81. The average Bonchev–Trinajstić information content (AvgIpc) is 2.71. The van der Waals surface area contributed by atoms with Crippen molar-refractivity contribution in [1.29, 1.82) is 5.26 Å². The lowest BCUT2D eigenvalue weighted by molar-refractivity contribution is 0.167. The largest absolute Gasteiger partial charge is 0.396 e. The third-order valence-corrected chi connectivity index (χ3v) is 2.81. The molecular formula is C10H18N2O2. The number of ether oxygens (including phenoxy) is 1. The van der Waals surface area contributed by atoms with Crippen molar-refractivity contribution in [2.75, 3.05) is 26.4 Å². The summed E-state index contributed by atoms with van der Waals surface area (Å²) >= 11 is 0. The normalized spacial score (nSPS) is 25.6. The highest BCUT2D eigenvalue weighted by molar-refractivity contribution is 5.08. The smallest absolute Gasteiger partial charge is 0.109 e. The van der Waals surface area contributed by atoms with E-state index in [4.69, 9.17) is 15.1 Å². The highest BCUT2D eigenvalue weighted by Gasteiger charge is 2.36. The van der Waals surface area contributed by atoms with Crippen LogP contribution in [-0.4, -0.2) is 37.0 Å². The molecule has 2 unspecified atom stereocenters. The van der Waals surface area contributed by atoms with Gasteiger partial charge in [0.2, 0.25) is 0 Å². The summed E-state index contributed by atoms with van der Waals surface area (Å²) in [5.41, 5.74) is -0.508. The first kappa shape index (κ1) is 11.4. The van der Waals surface area contributed by atoms with Crippen LogP contribution in [0.25, 0.3) is 0 Å². The number of nitrogens with zero attached hydrogens (tertiary/aromatic N) is 1. The van der Waals surface area contributed by atoms with E-state index in [1.165, 1.54) is 0 Å². The van der Waals surface area contributed by atoms with E-state index in [9.17, 15) is 0 Å². The maximum absolute atomic E-state index is 9.11. The number of nitriles is 1. The number of hydrogen-bond donors (Lipinski definition) is 2. The molecule has 0 amide bonds. The molecule has 0 aromatic rings. The standard InChI is InChI=1S/C10H18N2O2/c1-10(8-11,12-4-2-5-13)9-3-6-14-7-9/h9,12-13H,2-7H2,1H3. The van der Waals surface area contributed by atoms with Gasteiger partial charge in [0, 0.05) is 19.1 Å². The van der Waals surface area contributed by atoms with Crippen molar-refractivity contribution in [2.24, 2.45) is 5.92 Å². The molecule has 1 aliphatic heterocycles. The maximum atomic E-state index is 9.11. The average molecular weight is 198 g/mol. The molecule has 0 saturated carbocycles. The predicted octanol–water partition coefficient (Wildman–Crippen LogP) is 0.277. The van der Waals surface area contributed by atoms with Crippen LogP contribution in [0.5, 0.6) is 0 Å². The first-order chi connectivity index (χ1) is 6.73. The van der Waals surface area contributed by atoms with Crippen LogP contribution >= 0.6 is 0 Å². The lowest BCUT2D eigenvalue weighted by Gasteiger charge is -2.28. The number of aliphatic hydroxyl groups excluding tert-OH is 1.